The van der Waals surface area contributed by atoms with Crippen molar-refractivity contribution in [2.24, 2.45) is 5.92 Å². The first kappa shape index (κ1) is 14.9. The van der Waals surface area contributed by atoms with Crippen LogP contribution in [0, 0.1) is 11.7 Å². The van der Waals surface area contributed by atoms with Gasteiger partial charge in [0.15, 0.2) is 0 Å². The molecule has 0 spiro atoms. The van der Waals surface area contributed by atoms with Gasteiger partial charge in [-0.3, -0.25) is 0 Å². The third-order valence-electron chi connectivity index (χ3n) is 3.81. The van der Waals surface area contributed by atoms with Crippen molar-refractivity contribution >= 4 is 15.9 Å². The zero-order valence-electron chi connectivity index (χ0n) is 11.7. The van der Waals surface area contributed by atoms with E-state index in [4.69, 9.17) is 4.74 Å². The number of ether oxygens (including phenoxy) is 1. The molecule has 1 saturated heterocycles. The van der Waals surface area contributed by atoms with Crippen molar-refractivity contribution < 1.29 is 14.2 Å². The predicted molar refractivity (Wildman–Crippen MR) is 76.4 cm³/mol. The summed E-state index contributed by atoms with van der Waals surface area (Å²) in [6.07, 6.45) is 0.0945. The molecular formula is C15H20BrFO2. The molecule has 2 atom stereocenters. The van der Waals surface area contributed by atoms with Crippen LogP contribution in [0.2, 0.25) is 0 Å². The highest BCUT2D eigenvalue weighted by Gasteiger charge is 2.49. The van der Waals surface area contributed by atoms with E-state index in [0.29, 0.717) is 10.0 Å². The highest BCUT2D eigenvalue weighted by molar-refractivity contribution is 9.10. The van der Waals surface area contributed by atoms with E-state index < -0.39 is 11.7 Å². The first-order chi connectivity index (χ1) is 8.62. The maximum atomic E-state index is 13.1. The standard InChI is InChI=1S/C15H20BrFO2/c1-14(2)8-11(15(3,4)19-14)13(18)10-6-5-9(17)7-12(10)16/h5-7,11,13,18H,8H2,1-4H3. The van der Waals surface area contributed by atoms with Gasteiger partial charge in [0.05, 0.1) is 17.3 Å². The first-order valence-electron chi connectivity index (χ1n) is 6.45. The molecule has 0 aromatic heterocycles. The molecular weight excluding hydrogens is 311 g/mol. The summed E-state index contributed by atoms with van der Waals surface area (Å²) in [7, 11) is 0. The van der Waals surface area contributed by atoms with Crippen LogP contribution in [0.25, 0.3) is 0 Å². The van der Waals surface area contributed by atoms with Gasteiger partial charge in [0, 0.05) is 10.4 Å². The summed E-state index contributed by atoms with van der Waals surface area (Å²) in [5, 5.41) is 10.6. The third kappa shape index (κ3) is 3.01. The molecule has 1 aromatic carbocycles. The lowest BCUT2D eigenvalue weighted by atomic mass is 9.80. The number of hydrogen-bond donors (Lipinski definition) is 1. The van der Waals surface area contributed by atoms with Gasteiger partial charge in [-0.1, -0.05) is 22.0 Å². The van der Waals surface area contributed by atoms with Gasteiger partial charge in [0.1, 0.15) is 5.82 Å². The molecule has 106 valence electrons. The Kier molecular flexibility index (Phi) is 3.80. The second-order valence-corrected chi connectivity index (χ2v) is 7.24. The van der Waals surface area contributed by atoms with E-state index in [-0.39, 0.29) is 17.3 Å². The normalized spacial score (nSPS) is 26.4. The minimum absolute atomic E-state index is 0.0238. The van der Waals surface area contributed by atoms with Gasteiger partial charge >= 0.3 is 0 Å². The minimum atomic E-state index is -0.674. The van der Waals surface area contributed by atoms with Crippen LogP contribution in [0.3, 0.4) is 0 Å². The van der Waals surface area contributed by atoms with Crippen molar-refractivity contribution in [3.8, 4) is 0 Å². The van der Waals surface area contributed by atoms with Crippen LogP contribution in [0.15, 0.2) is 22.7 Å². The van der Waals surface area contributed by atoms with E-state index in [1.807, 2.05) is 27.7 Å². The summed E-state index contributed by atoms with van der Waals surface area (Å²) in [6.45, 7) is 8.04. The summed E-state index contributed by atoms with van der Waals surface area (Å²) in [4.78, 5) is 0. The molecule has 1 aliphatic rings. The Hall–Kier alpha value is -0.450. The Balaban J connectivity index is 2.31. The zero-order valence-corrected chi connectivity index (χ0v) is 13.3. The van der Waals surface area contributed by atoms with E-state index >= 15 is 0 Å². The van der Waals surface area contributed by atoms with E-state index in [1.54, 1.807) is 6.07 Å². The summed E-state index contributed by atoms with van der Waals surface area (Å²) >= 11 is 3.32. The number of rotatable bonds is 2. The van der Waals surface area contributed by atoms with Crippen LogP contribution in [0.5, 0.6) is 0 Å². The van der Waals surface area contributed by atoms with E-state index in [1.165, 1.54) is 12.1 Å². The molecule has 2 nitrogen and oxygen atoms in total. The van der Waals surface area contributed by atoms with Crippen molar-refractivity contribution in [2.45, 2.75) is 51.4 Å². The Morgan fingerprint density at radius 1 is 1.37 bits per heavy atom. The highest BCUT2D eigenvalue weighted by atomic mass is 79.9. The van der Waals surface area contributed by atoms with Crippen LogP contribution in [0.1, 0.15) is 45.8 Å². The topological polar surface area (TPSA) is 29.5 Å². The maximum Gasteiger partial charge on any atom is 0.124 e. The fourth-order valence-electron chi connectivity index (χ4n) is 3.05. The quantitative estimate of drug-likeness (QED) is 0.879. The molecule has 0 aliphatic carbocycles. The van der Waals surface area contributed by atoms with Crippen molar-refractivity contribution in [3.05, 3.63) is 34.1 Å². The lowest BCUT2D eigenvalue weighted by molar-refractivity contribution is -0.0880. The summed E-state index contributed by atoms with van der Waals surface area (Å²) in [5.74, 6) is -0.339. The van der Waals surface area contributed by atoms with Crippen LogP contribution in [-0.2, 0) is 4.74 Å². The second-order valence-electron chi connectivity index (χ2n) is 6.39. The predicted octanol–water partition coefficient (Wildman–Crippen LogP) is 4.22. The molecule has 19 heavy (non-hydrogen) atoms. The first-order valence-corrected chi connectivity index (χ1v) is 7.25. The van der Waals surface area contributed by atoms with Crippen LogP contribution in [-0.4, -0.2) is 16.3 Å². The molecule has 1 aromatic rings. The van der Waals surface area contributed by atoms with Gasteiger partial charge in [-0.15, -0.1) is 0 Å². The number of halogens is 2. The average molecular weight is 331 g/mol. The monoisotopic (exact) mass is 330 g/mol. The van der Waals surface area contributed by atoms with Gasteiger partial charge in [-0.25, -0.2) is 4.39 Å². The van der Waals surface area contributed by atoms with Gasteiger partial charge < -0.3 is 9.84 Å². The molecule has 1 aliphatic heterocycles. The number of benzene rings is 1. The third-order valence-corrected chi connectivity index (χ3v) is 4.49. The minimum Gasteiger partial charge on any atom is -0.388 e. The number of aliphatic hydroxyl groups is 1. The largest absolute Gasteiger partial charge is 0.388 e. The van der Waals surface area contributed by atoms with Gasteiger partial charge in [0.2, 0.25) is 0 Å². The molecule has 4 heteroatoms. The fraction of sp³-hybridized carbons (Fsp3) is 0.600. The van der Waals surface area contributed by atoms with Crippen molar-refractivity contribution in [2.75, 3.05) is 0 Å². The fourth-order valence-corrected chi connectivity index (χ4v) is 3.64. The maximum absolute atomic E-state index is 13.1. The molecule has 2 unspecified atom stereocenters. The highest BCUT2D eigenvalue weighted by Crippen LogP contribution is 2.48. The lowest BCUT2D eigenvalue weighted by Crippen LogP contribution is -2.32. The molecule has 0 amide bonds. The SMILES string of the molecule is CC1(C)CC(C(O)c2ccc(F)cc2Br)C(C)(C)O1. The summed E-state index contributed by atoms with van der Waals surface area (Å²) < 4.78 is 19.7. The van der Waals surface area contributed by atoms with Gasteiger partial charge in [-0.2, -0.15) is 0 Å². The van der Waals surface area contributed by atoms with E-state index in [2.05, 4.69) is 15.9 Å². The Bertz CT molecular complexity index is 485. The average Bonchev–Trinajstić information content (AvgIpc) is 2.45. The zero-order chi connectivity index (χ0) is 14.4. The summed E-state index contributed by atoms with van der Waals surface area (Å²) in [6, 6.07) is 4.38. The lowest BCUT2D eigenvalue weighted by Gasteiger charge is -2.30. The molecule has 0 radical (unpaired) electrons. The Labute approximate surface area is 122 Å². The second kappa shape index (κ2) is 4.83. The number of aliphatic hydroxyl groups excluding tert-OH is 1. The Morgan fingerprint density at radius 2 is 2.00 bits per heavy atom. The molecule has 2 rings (SSSR count). The molecule has 1 heterocycles. The smallest absolute Gasteiger partial charge is 0.124 e. The molecule has 1 fully saturated rings. The van der Waals surface area contributed by atoms with E-state index in [0.717, 1.165) is 6.42 Å². The van der Waals surface area contributed by atoms with Crippen molar-refractivity contribution in [3.63, 3.8) is 0 Å². The van der Waals surface area contributed by atoms with Crippen molar-refractivity contribution in [1.82, 2.24) is 0 Å². The summed E-state index contributed by atoms with van der Waals surface area (Å²) in [5.41, 5.74) is 0.0547. The van der Waals surface area contributed by atoms with Crippen LogP contribution in [0.4, 0.5) is 4.39 Å². The van der Waals surface area contributed by atoms with Gasteiger partial charge in [0.25, 0.3) is 0 Å². The number of hydrogen-bond acceptors (Lipinski definition) is 2. The van der Waals surface area contributed by atoms with Gasteiger partial charge in [-0.05, 0) is 51.8 Å². The van der Waals surface area contributed by atoms with Crippen molar-refractivity contribution in [1.29, 1.82) is 0 Å². The van der Waals surface area contributed by atoms with E-state index in [9.17, 15) is 9.50 Å². The molecule has 0 saturated carbocycles. The van der Waals surface area contributed by atoms with Crippen LogP contribution < -0.4 is 0 Å². The molecule has 0 bridgehead atoms. The molecule has 1 N–H and O–H groups in total. The Morgan fingerprint density at radius 3 is 2.47 bits per heavy atom. The van der Waals surface area contributed by atoms with Crippen LogP contribution >= 0.6 is 15.9 Å².